The van der Waals surface area contributed by atoms with Crippen molar-refractivity contribution in [1.82, 2.24) is 0 Å². The Morgan fingerprint density at radius 1 is 0.697 bits per heavy atom. The molecule has 33 heavy (non-hydrogen) atoms. The van der Waals surface area contributed by atoms with Crippen LogP contribution in [0, 0.1) is 0 Å². The maximum Gasteiger partial charge on any atom is 0.306 e. The minimum Gasteiger partial charge on any atom is -0.458 e. The fourth-order valence-corrected chi connectivity index (χ4v) is 4.31. The molecular weight excluding hydrogens is 444 g/mol. The Hall–Kier alpha value is -0.956. The van der Waals surface area contributed by atoms with E-state index in [2.05, 4.69) is 82.7 Å². The lowest BCUT2D eigenvalue weighted by Gasteiger charge is -2.26. The van der Waals surface area contributed by atoms with E-state index in [0.717, 1.165) is 38.5 Å². The molecule has 0 spiro atoms. The molecular formula is C27H52O4Si2. The first-order valence-corrected chi connectivity index (χ1v) is 19.8. The summed E-state index contributed by atoms with van der Waals surface area (Å²) in [6, 6.07) is 0. The number of hydrogen-bond donors (Lipinski definition) is 0. The van der Waals surface area contributed by atoms with Crippen LogP contribution >= 0.6 is 0 Å². The van der Waals surface area contributed by atoms with Crippen molar-refractivity contribution in [3.05, 3.63) is 36.5 Å². The van der Waals surface area contributed by atoms with Crippen molar-refractivity contribution >= 4 is 22.6 Å². The highest BCUT2D eigenvalue weighted by Crippen LogP contribution is 2.12. The van der Waals surface area contributed by atoms with Gasteiger partial charge in [-0.2, -0.15) is 0 Å². The normalized spacial score (nSPS) is 13.2. The molecule has 192 valence electrons. The molecule has 0 bridgehead atoms. The summed E-state index contributed by atoms with van der Waals surface area (Å²) in [4.78, 5) is 12.3. The van der Waals surface area contributed by atoms with Crippen molar-refractivity contribution in [2.45, 2.75) is 117 Å². The SMILES string of the molecule is CC/C=C\C/C=C\C/C=C\CCCCCCCC(=O)OC(CO[Si](C)(C)C)CO[Si](C)(C)C. The van der Waals surface area contributed by atoms with E-state index in [1.807, 2.05) is 0 Å². The molecule has 0 aromatic rings. The van der Waals surface area contributed by atoms with Crippen LogP contribution in [0.4, 0.5) is 0 Å². The highest BCUT2D eigenvalue weighted by atomic mass is 28.4. The summed E-state index contributed by atoms with van der Waals surface area (Å²) in [5, 5.41) is 0. The van der Waals surface area contributed by atoms with E-state index < -0.39 is 16.6 Å². The minimum atomic E-state index is -1.66. The second kappa shape index (κ2) is 19.4. The zero-order valence-electron chi connectivity index (χ0n) is 22.7. The molecule has 0 saturated heterocycles. The van der Waals surface area contributed by atoms with Crippen LogP contribution in [0.1, 0.15) is 71.1 Å². The summed E-state index contributed by atoms with van der Waals surface area (Å²) >= 11 is 0. The Kier molecular flexibility index (Phi) is 18.8. The van der Waals surface area contributed by atoms with E-state index in [-0.39, 0.29) is 12.1 Å². The van der Waals surface area contributed by atoms with Crippen LogP contribution < -0.4 is 0 Å². The van der Waals surface area contributed by atoms with Gasteiger partial charge in [-0.05, 0) is 77.8 Å². The molecule has 6 heteroatoms. The fraction of sp³-hybridized carbons (Fsp3) is 0.741. The molecule has 0 rings (SSSR count). The van der Waals surface area contributed by atoms with Gasteiger partial charge in [0, 0.05) is 6.42 Å². The highest BCUT2D eigenvalue weighted by Gasteiger charge is 2.23. The molecule has 0 unspecified atom stereocenters. The first kappa shape index (κ1) is 32.0. The summed E-state index contributed by atoms with van der Waals surface area (Å²) in [5.41, 5.74) is 0. The van der Waals surface area contributed by atoms with E-state index in [9.17, 15) is 4.79 Å². The summed E-state index contributed by atoms with van der Waals surface area (Å²) in [6.07, 6.45) is 23.5. The van der Waals surface area contributed by atoms with Crippen LogP contribution in [0.2, 0.25) is 39.3 Å². The van der Waals surface area contributed by atoms with Gasteiger partial charge < -0.3 is 13.6 Å². The standard InChI is InChI=1S/C27H52O4Si2/c1-8-9-10-11-12-13-14-15-16-17-18-19-20-21-22-23-27(28)31-26(24-29-32(2,3)4)25-30-33(5,6)7/h9-10,12-13,15-16,26H,8,11,14,17-25H2,1-7H3/b10-9-,13-12-,16-15-. The molecule has 0 aliphatic carbocycles. The maximum absolute atomic E-state index is 12.3. The Labute approximate surface area is 207 Å². The number of esters is 1. The summed E-state index contributed by atoms with van der Waals surface area (Å²) in [6.45, 7) is 15.9. The van der Waals surface area contributed by atoms with E-state index >= 15 is 0 Å². The lowest BCUT2D eigenvalue weighted by molar-refractivity contribution is -0.152. The van der Waals surface area contributed by atoms with Gasteiger partial charge in [0.25, 0.3) is 0 Å². The molecule has 0 aliphatic rings. The number of carbonyl (C=O) groups is 1. The summed E-state index contributed by atoms with van der Waals surface area (Å²) in [7, 11) is -3.31. The van der Waals surface area contributed by atoms with Gasteiger partial charge in [0.2, 0.25) is 0 Å². The highest BCUT2D eigenvalue weighted by molar-refractivity contribution is 6.70. The van der Waals surface area contributed by atoms with Gasteiger partial charge in [0.15, 0.2) is 16.6 Å². The van der Waals surface area contributed by atoms with Gasteiger partial charge in [0.1, 0.15) is 6.10 Å². The van der Waals surface area contributed by atoms with Gasteiger partial charge in [-0.3, -0.25) is 4.79 Å². The molecule has 0 saturated carbocycles. The minimum absolute atomic E-state index is 0.125. The molecule has 0 fully saturated rings. The molecule has 0 radical (unpaired) electrons. The smallest absolute Gasteiger partial charge is 0.306 e. The second-order valence-corrected chi connectivity index (χ2v) is 19.6. The fourth-order valence-electron chi connectivity index (χ4n) is 2.94. The number of ether oxygens (including phenoxy) is 1. The van der Waals surface area contributed by atoms with E-state index in [1.165, 1.54) is 19.3 Å². The zero-order chi connectivity index (χ0) is 25.0. The lowest BCUT2D eigenvalue weighted by atomic mass is 10.1. The van der Waals surface area contributed by atoms with Crippen LogP contribution in [0.3, 0.4) is 0 Å². The molecule has 0 aliphatic heterocycles. The third kappa shape index (κ3) is 25.5. The number of allylic oxidation sites excluding steroid dienone is 6. The van der Waals surface area contributed by atoms with Crippen molar-refractivity contribution in [3.8, 4) is 0 Å². The van der Waals surface area contributed by atoms with E-state index in [0.29, 0.717) is 19.6 Å². The Morgan fingerprint density at radius 2 is 1.18 bits per heavy atom. The second-order valence-electron chi connectivity index (χ2n) is 10.6. The molecule has 0 heterocycles. The quantitative estimate of drug-likeness (QED) is 0.0737. The molecule has 0 atom stereocenters. The third-order valence-corrected chi connectivity index (χ3v) is 6.80. The summed E-state index contributed by atoms with van der Waals surface area (Å²) in [5.74, 6) is -0.125. The number of carbonyl (C=O) groups excluding carboxylic acids is 1. The Morgan fingerprint density at radius 3 is 1.73 bits per heavy atom. The average molecular weight is 497 g/mol. The van der Waals surface area contributed by atoms with Crippen molar-refractivity contribution in [2.75, 3.05) is 13.2 Å². The van der Waals surface area contributed by atoms with Crippen LogP contribution in [-0.4, -0.2) is 41.9 Å². The number of rotatable bonds is 20. The molecule has 0 N–H and O–H groups in total. The largest absolute Gasteiger partial charge is 0.458 e. The van der Waals surface area contributed by atoms with Crippen LogP contribution in [-0.2, 0) is 18.4 Å². The first-order valence-electron chi connectivity index (χ1n) is 13.0. The van der Waals surface area contributed by atoms with Gasteiger partial charge in [-0.25, -0.2) is 0 Å². The Bertz CT molecular complexity index is 554. The third-order valence-electron chi connectivity index (χ3n) is 4.73. The number of unbranched alkanes of at least 4 members (excludes halogenated alkanes) is 5. The van der Waals surface area contributed by atoms with E-state index in [1.54, 1.807) is 0 Å². The average Bonchev–Trinajstić information content (AvgIpc) is 2.71. The lowest BCUT2D eigenvalue weighted by Crippen LogP contribution is -2.38. The van der Waals surface area contributed by atoms with Crippen LogP contribution in [0.5, 0.6) is 0 Å². The predicted molar refractivity (Wildman–Crippen MR) is 148 cm³/mol. The Balaban J connectivity index is 3.91. The first-order chi connectivity index (χ1) is 15.5. The van der Waals surface area contributed by atoms with Gasteiger partial charge in [-0.15, -0.1) is 0 Å². The topological polar surface area (TPSA) is 44.8 Å². The van der Waals surface area contributed by atoms with E-state index in [4.69, 9.17) is 13.6 Å². The molecule has 0 amide bonds. The van der Waals surface area contributed by atoms with Gasteiger partial charge in [0.05, 0.1) is 13.2 Å². The molecule has 4 nitrogen and oxygen atoms in total. The van der Waals surface area contributed by atoms with Crippen LogP contribution in [0.15, 0.2) is 36.5 Å². The van der Waals surface area contributed by atoms with Gasteiger partial charge >= 0.3 is 5.97 Å². The molecule has 0 aromatic carbocycles. The van der Waals surface area contributed by atoms with Gasteiger partial charge in [-0.1, -0.05) is 62.6 Å². The zero-order valence-corrected chi connectivity index (χ0v) is 24.7. The molecule has 0 aromatic heterocycles. The predicted octanol–water partition coefficient (Wildman–Crippen LogP) is 8.19. The van der Waals surface area contributed by atoms with Crippen molar-refractivity contribution in [2.24, 2.45) is 0 Å². The monoisotopic (exact) mass is 496 g/mol. The van der Waals surface area contributed by atoms with Crippen molar-refractivity contribution in [1.29, 1.82) is 0 Å². The maximum atomic E-state index is 12.3. The van der Waals surface area contributed by atoms with Crippen LogP contribution in [0.25, 0.3) is 0 Å². The summed E-state index contributed by atoms with van der Waals surface area (Å²) < 4.78 is 17.6. The number of hydrogen-bond acceptors (Lipinski definition) is 4. The van der Waals surface area contributed by atoms with Crippen molar-refractivity contribution < 1.29 is 18.4 Å². The van der Waals surface area contributed by atoms with Crippen molar-refractivity contribution in [3.63, 3.8) is 0 Å².